The van der Waals surface area contributed by atoms with Gasteiger partial charge in [-0.3, -0.25) is 4.79 Å². The van der Waals surface area contributed by atoms with Crippen LogP contribution >= 0.6 is 0 Å². The number of hydrogen-bond donors (Lipinski definition) is 1. The number of aromatic amines is 1. The van der Waals surface area contributed by atoms with Gasteiger partial charge in [-0.2, -0.15) is 0 Å². The summed E-state index contributed by atoms with van der Waals surface area (Å²) in [5.41, 5.74) is -0.332. The van der Waals surface area contributed by atoms with Crippen molar-refractivity contribution in [1.29, 1.82) is 0 Å². The topological polar surface area (TPSA) is 73.4 Å². The Labute approximate surface area is 105 Å². The summed E-state index contributed by atoms with van der Waals surface area (Å²) in [6.45, 7) is 0. The van der Waals surface area contributed by atoms with E-state index < -0.39 is 0 Å². The van der Waals surface area contributed by atoms with Gasteiger partial charge < -0.3 is 19.2 Å². The summed E-state index contributed by atoms with van der Waals surface area (Å²) in [5, 5.41) is 0. The fourth-order valence-corrected chi connectivity index (χ4v) is 2.22. The molecule has 100 valence electrons. The van der Waals surface area contributed by atoms with Gasteiger partial charge in [0.05, 0.1) is 19.5 Å². The van der Waals surface area contributed by atoms with Gasteiger partial charge in [0.2, 0.25) is 5.75 Å². The second-order valence-electron chi connectivity index (χ2n) is 4.33. The lowest BCUT2D eigenvalue weighted by molar-refractivity contribution is 0.0185. The maximum atomic E-state index is 11.5. The number of rotatable bonds is 4. The molecule has 2 unspecified atom stereocenters. The average molecular weight is 254 g/mol. The number of ether oxygens (including phenoxy) is 3. The molecule has 1 heterocycles. The van der Waals surface area contributed by atoms with Crippen LogP contribution in [0.2, 0.25) is 0 Å². The summed E-state index contributed by atoms with van der Waals surface area (Å²) >= 11 is 0. The smallest absolute Gasteiger partial charge is 0.297 e. The van der Waals surface area contributed by atoms with Gasteiger partial charge in [-0.1, -0.05) is 0 Å². The SMILES string of the molecule is COc1c(OC2CCCC(OC)C2)nc[nH]c1=O. The Balaban J connectivity index is 2.09. The van der Waals surface area contributed by atoms with Gasteiger partial charge in [0.25, 0.3) is 11.4 Å². The van der Waals surface area contributed by atoms with Crippen LogP contribution in [-0.2, 0) is 4.74 Å². The predicted octanol–water partition coefficient (Wildman–Crippen LogP) is 1.11. The monoisotopic (exact) mass is 254 g/mol. The number of H-pyrrole nitrogens is 1. The highest BCUT2D eigenvalue weighted by Crippen LogP contribution is 2.27. The van der Waals surface area contributed by atoms with Gasteiger partial charge in [-0.05, 0) is 19.3 Å². The van der Waals surface area contributed by atoms with E-state index in [-0.39, 0.29) is 29.4 Å². The van der Waals surface area contributed by atoms with Crippen molar-refractivity contribution < 1.29 is 14.2 Å². The molecule has 18 heavy (non-hydrogen) atoms. The lowest BCUT2D eigenvalue weighted by atomic mass is 9.95. The molecule has 6 heteroatoms. The van der Waals surface area contributed by atoms with Gasteiger partial charge in [0, 0.05) is 13.5 Å². The van der Waals surface area contributed by atoms with Crippen LogP contribution in [0.3, 0.4) is 0 Å². The second-order valence-corrected chi connectivity index (χ2v) is 4.33. The standard InChI is InChI=1S/C12H18N2O4/c1-16-8-4-3-5-9(6-8)18-12-10(17-2)11(15)13-7-14-12/h7-9H,3-6H2,1-2H3,(H,13,14,15). The van der Waals surface area contributed by atoms with E-state index in [1.807, 2.05) is 0 Å². The van der Waals surface area contributed by atoms with Gasteiger partial charge in [0.1, 0.15) is 6.10 Å². The van der Waals surface area contributed by atoms with Gasteiger partial charge in [-0.15, -0.1) is 0 Å². The first kappa shape index (κ1) is 12.9. The molecule has 1 aliphatic carbocycles. The summed E-state index contributed by atoms with van der Waals surface area (Å²) in [4.78, 5) is 18.0. The maximum absolute atomic E-state index is 11.5. The van der Waals surface area contributed by atoms with Gasteiger partial charge in [0.15, 0.2) is 0 Å². The maximum Gasteiger partial charge on any atom is 0.297 e. The van der Waals surface area contributed by atoms with Crippen LogP contribution in [0.25, 0.3) is 0 Å². The van der Waals surface area contributed by atoms with Crippen molar-refractivity contribution >= 4 is 0 Å². The van der Waals surface area contributed by atoms with E-state index in [4.69, 9.17) is 14.2 Å². The molecule has 0 radical (unpaired) electrons. The van der Waals surface area contributed by atoms with Crippen LogP contribution in [0.5, 0.6) is 11.6 Å². The summed E-state index contributed by atoms with van der Waals surface area (Å²) in [6.07, 6.45) is 5.41. The van der Waals surface area contributed by atoms with Crippen LogP contribution < -0.4 is 15.0 Å². The molecular formula is C12H18N2O4. The third kappa shape index (κ3) is 2.81. The fourth-order valence-electron chi connectivity index (χ4n) is 2.22. The first-order valence-corrected chi connectivity index (χ1v) is 6.05. The van der Waals surface area contributed by atoms with E-state index in [2.05, 4.69) is 9.97 Å². The minimum Gasteiger partial charge on any atom is -0.487 e. The molecule has 1 aromatic heterocycles. The van der Waals surface area contributed by atoms with Crippen LogP contribution in [0.1, 0.15) is 25.7 Å². The van der Waals surface area contributed by atoms with Crippen molar-refractivity contribution in [3.8, 4) is 11.6 Å². The summed E-state index contributed by atoms with van der Waals surface area (Å²) in [5.74, 6) is 0.375. The Bertz CT molecular complexity index is 446. The molecule has 0 spiro atoms. The number of nitrogens with one attached hydrogen (secondary N) is 1. The number of methoxy groups -OCH3 is 2. The lowest BCUT2D eigenvalue weighted by Crippen LogP contribution is -2.30. The summed E-state index contributed by atoms with van der Waals surface area (Å²) in [6, 6.07) is 0. The number of nitrogens with zero attached hydrogens (tertiary/aromatic N) is 1. The van der Waals surface area contributed by atoms with Crippen LogP contribution in [0, 0.1) is 0 Å². The van der Waals surface area contributed by atoms with Crippen molar-refractivity contribution in [2.24, 2.45) is 0 Å². The van der Waals surface area contributed by atoms with Crippen molar-refractivity contribution in [2.45, 2.75) is 37.9 Å². The predicted molar refractivity (Wildman–Crippen MR) is 65.1 cm³/mol. The summed E-state index contributed by atoms with van der Waals surface area (Å²) in [7, 11) is 3.14. The molecular weight excluding hydrogens is 236 g/mol. The molecule has 0 aliphatic heterocycles. The van der Waals surface area contributed by atoms with Crippen molar-refractivity contribution in [3.05, 3.63) is 16.7 Å². The minimum atomic E-state index is -0.332. The Morgan fingerprint density at radius 2 is 2.11 bits per heavy atom. The Hall–Kier alpha value is -1.56. The van der Waals surface area contributed by atoms with E-state index >= 15 is 0 Å². The second kappa shape index (κ2) is 5.86. The van der Waals surface area contributed by atoms with E-state index in [0.29, 0.717) is 0 Å². The molecule has 0 amide bonds. The largest absolute Gasteiger partial charge is 0.487 e. The minimum absolute atomic E-state index is 0.0203. The van der Waals surface area contributed by atoms with Crippen LogP contribution in [0.15, 0.2) is 11.1 Å². The first-order chi connectivity index (χ1) is 8.74. The highest BCUT2D eigenvalue weighted by molar-refractivity contribution is 5.29. The van der Waals surface area contributed by atoms with Crippen LogP contribution in [-0.4, -0.2) is 36.4 Å². The number of aromatic nitrogens is 2. The van der Waals surface area contributed by atoms with Crippen molar-refractivity contribution in [1.82, 2.24) is 9.97 Å². The highest BCUT2D eigenvalue weighted by Gasteiger charge is 2.25. The molecule has 1 N–H and O–H groups in total. The summed E-state index contributed by atoms with van der Waals surface area (Å²) < 4.78 is 16.1. The van der Waals surface area contributed by atoms with Gasteiger partial charge in [-0.25, -0.2) is 4.98 Å². The molecule has 0 saturated heterocycles. The average Bonchev–Trinajstić information content (AvgIpc) is 2.39. The zero-order valence-corrected chi connectivity index (χ0v) is 10.6. The normalized spacial score (nSPS) is 23.7. The third-order valence-corrected chi connectivity index (χ3v) is 3.17. The van der Waals surface area contributed by atoms with E-state index in [1.165, 1.54) is 13.4 Å². The van der Waals surface area contributed by atoms with Crippen molar-refractivity contribution in [2.75, 3.05) is 14.2 Å². The van der Waals surface area contributed by atoms with Gasteiger partial charge >= 0.3 is 0 Å². The zero-order chi connectivity index (χ0) is 13.0. The third-order valence-electron chi connectivity index (χ3n) is 3.17. The number of hydrogen-bond acceptors (Lipinski definition) is 5. The molecule has 2 rings (SSSR count). The van der Waals surface area contributed by atoms with E-state index in [1.54, 1.807) is 7.11 Å². The highest BCUT2D eigenvalue weighted by atomic mass is 16.5. The molecule has 0 aromatic carbocycles. The Morgan fingerprint density at radius 1 is 1.33 bits per heavy atom. The Morgan fingerprint density at radius 3 is 2.83 bits per heavy atom. The molecule has 1 saturated carbocycles. The van der Waals surface area contributed by atoms with Crippen LogP contribution in [0.4, 0.5) is 0 Å². The first-order valence-electron chi connectivity index (χ1n) is 6.05. The van der Waals surface area contributed by atoms with E-state index in [9.17, 15) is 4.79 Å². The molecule has 2 atom stereocenters. The Kier molecular flexibility index (Phi) is 4.19. The quantitative estimate of drug-likeness (QED) is 0.871. The molecule has 1 fully saturated rings. The lowest BCUT2D eigenvalue weighted by Gasteiger charge is -2.28. The molecule has 0 bridgehead atoms. The molecule has 1 aromatic rings. The van der Waals surface area contributed by atoms with E-state index in [0.717, 1.165) is 25.7 Å². The fraction of sp³-hybridized carbons (Fsp3) is 0.667. The molecule has 1 aliphatic rings. The molecule has 6 nitrogen and oxygen atoms in total. The van der Waals surface area contributed by atoms with Crippen molar-refractivity contribution in [3.63, 3.8) is 0 Å². The zero-order valence-electron chi connectivity index (χ0n) is 10.6.